The quantitative estimate of drug-likeness (QED) is 0.641. The third kappa shape index (κ3) is 2.91. The molecule has 8 nitrogen and oxygen atoms in total. The number of nitrogen functional groups attached to an aromatic ring is 1. The predicted molar refractivity (Wildman–Crippen MR) is 70.3 cm³/mol. The fraction of sp³-hybridized carbons (Fsp3) is 0. The van der Waals surface area contributed by atoms with Gasteiger partial charge in [-0.1, -0.05) is 18.2 Å². The van der Waals surface area contributed by atoms with Crippen molar-refractivity contribution in [2.75, 3.05) is 10.6 Å². The topological polar surface area (TPSA) is 117 Å². The van der Waals surface area contributed by atoms with Crippen LogP contribution in [-0.2, 0) is 4.84 Å². The van der Waals surface area contributed by atoms with Gasteiger partial charge in [0, 0.05) is 0 Å². The van der Waals surface area contributed by atoms with Crippen molar-refractivity contribution >= 4 is 23.4 Å². The molecule has 0 bridgehead atoms. The number of nitrogens with zero attached hydrogens (tertiary/aromatic N) is 4. The fourth-order valence-corrected chi connectivity index (χ4v) is 1.52. The maximum absolute atomic E-state index is 12.0. The van der Waals surface area contributed by atoms with Crippen molar-refractivity contribution in [3.63, 3.8) is 0 Å². The Bertz CT molecular complexity index is 623. The van der Waals surface area contributed by atoms with Crippen molar-refractivity contribution in [3.8, 4) is 6.26 Å². The highest BCUT2D eigenvalue weighted by atomic mass is 16.6. The van der Waals surface area contributed by atoms with Crippen molar-refractivity contribution in [1.82, 2.24) is 15.4 Å². The van der Waals surface area contributed by atoms with Gasteiger partial charge in [-0.15, -0.1) is 5.26 Å². The second kappa shape index (κ2) is 6.01. The lowest BCUT2D eigenvalue weighted by Gasteiger charge is -2.21. The molecule has 0 saturated carbocycles. The summed E-state index contributed by atoms with van der Waals surface area (Å²) in [5.41, 5.74) is 8.33. The van der Waals surface area contributed by atoms with E-state index in [1.165, 1.54) is 23.5 Å². The Hall–Kier alpha value is -3.34. The SMILES string of the molecule is N#CONC(=O)N(c1ccccc1)c1cnc(N)nc1. The molecular formula is C12H10N6O2. The molecule has 0 atom stereocenters. The minimum absolute atomic E-state index is 0.0930. The molecule has 1 aromatic carbocycles. The summed E-state index contributed by atoms with van der Waals surface area (Å²) in [5.74, 6) is 0.0930. The number of rotatable bonds is 3. The molecule has 2 aromatic rings. The normalized spacial score (nSPS) is 9.35. The third-order valence-corrected chi connectivity index (χ3v) is 2.32. The number of nitriles is 1. The monoisotopic (exact) mass is 270 g/mol. The number of nitrogens with one attached hydrogen (secondary N) is 1. The summed E-state index contributed by atoms with van der Waals surface area (Å²) in [6.45, 7) is 0. The van der Waals surface area contributed by atoms with Gasteiger partial charge in [-0.05, 0) is 12.1 Å². The first-order chi connectivity index (χ1) is 9.72. The molecule has 1 heterocycles. The first kappa shape index (κ1) is 13.1. The summed E-state index contributed by atoms with van der Waals surface area (Å²) in [6, 6.07) is 8.10. The number of aromatic nitrogens is 2. The van der Waals surface area contributed by atoms with Gasteiger partial charge in [0.25, 0.3) is 0 Å². The van der Waals surface area contributed by atoms with Crippen LogP contribution in [0.5, 0.6) is 0 Å². The summed E-state index contributed by atoms with van der Waals surface area (Å²) < 4.78 is 0. The predicted octanol–water partition coefficient (Wildman–Crippen LogP) is 1.32. The first-order valence-corrected chi connectivity index (χ1v) is 5.50. The van der Waals surface area contributed by atoms with Gasteiger partial charge in [0.15, 0.2) is 0 Å². The van der Waals surface area contributed by atoms with E-state index in [0.717, 1.165) is 0 Å². The van der Waals surface area contributed by atoms with Crippen LogP contribution in [0, 0.1) is 11.5 Å². The smallest absolute Gasteiger partial charge is 0.360 e. The molecule has 20 heavy (non-hydrogen) atoms. The van der Waals surface area contributed by atoms with Gasteiger partial charge in [0.1, 0.15) is 0 Å². The van der Waals surface area contributed by atoms with E-state index in [4.69, 9.17) is 11.0 Å². The lowest BCUT2D eigenvalue weighted by molar-refractivity contribution is 0.159. The molecule has 0 aliphatic heterocycles. The largest absolute Gasteiger partial charge is 0.368 e. The number of hydrogen-bond donors (Lipinski definition) is 2. The number of carbonyl (C=O) groups excluding carboxylic acids is 1. The molecule has 3 N–H and O–H groups in total. The summed E-state index contributed by atoms with van der Waals surface area (Å²) in [4.78, 5) is 25.2. The molecule has 0 fully saturated rings. The second-order valence-electron chi connectivity index (χ2n) is 3.57. The Labute approximate surface area is 114 Å². The Morgan fingerprint density at radius 1 is 1.25 bits per heavy atom. The summed E-state index contributed by atoms with van der Waals surface area (Å²) in [5, 5.41) is 8.33. The zero-order valence-electron chi connectivity index (χ0n) is 10.2. The average Bonchev–Trinajstić information content (AvgIpc) is 2.48. The minimum Gasteiger partial charge on any atom is -0.368 e. The summed E-state index contributed by atoms with van der Waals surface area (Å²) in [6.07, 6.45) is 4.14. The lowest BCUT2D eigenvalue weighted by atomic mass is 10.3. The molecule has 2 amide bonds. The molecule has 0 saturated heterocycles. The van der Waals surface area contributed by atoms with Gasteiger partial charge in [-0.2, -0.15) is 5.48 Å². The molecule has 0 spiro atoms. The standard InChI is InChI=1S/C12H10N6O2/c13-8-20-17-12(19)18(9-4-2-1-3-5-9)10-6-15-11(14)16-7-10/h1-7H,(H,17,19)(H2,14,15,16). The van der Waals surface area contributed by atoms with E-state index < -0.39 is 6.03 Å². The second-order valence-corrected chi connectivity index (χ2v) is 3.57. The van der Waals surface area contributed by atoms with Crippen LogP contribution in [0.15, 0.2) is 42.7 Å². The highest BCUT2D eigenvalue weighted by Crippen LogP contribution is 2.24. The number of urea groups is 1. The Morgan fingerprint density at radius 2 is 1.90 bits per heavy atom. The van der Waals surface area contributed by atoms with Crippen LogP contribution in [0.4, 0.5) is 22.1 Å². The van der Waals surface area contributed by atoms with Gasteiger partial charge in [-0.25, -0.2) is 14.8 Å². The van der Waals surface area contributed by atoms with Gasteiger partial charge < -0.3 is 5.73 Å². The summed E-state index contributed by atoms with van der Waals surface area (Å²) >= 11 is 0. The Kier molecular flexibility index (Phi) is 3.94. The number of hydroxylamine groups is 1. The molecule has 1 aromatic heterocycles. The van der Waals surface area contributed by atoms with Crippen LogP contribution in [0.2, 0.25) is 0 Å². The molecule has 100 valence electrons. The van der Waals surface area contributed by atoms with E-state index in [-0.39, 0.29) is 5.95 Å². The van der Waals surface area contributed by atoms with E-state index >= 15 is 0 Å². The van der Waals surface area contributed by atoms with Crippen LogP contribution in [0.25, 0.3) is 0 Å². The van der Waals surface area contributed by atoms with E-state index in [9.17, 15) is 4.79 Å². The van der Waals surface area contributed by atoms with Crippen molar-refractivity contribution < 1.29 is 9.63 Å². The molecule has 0 unspecified atom stereocenters. The zero-order valence-corrected chi connectivity index (χ0v) is 10.2. The van der Waals surface area contributed by atoms with E-state index in [2.05, 4.69) is 14.8 Å². The lowest BCUT2D eigenvalue weighted by Crippen LogP contribution is -2.36. The molecular weight excluding hydrogens is 260 g/mol. The van der Waals surface area contributed by atoms with E-state index in [1.54, 1.807) is 24.3 Å². The maximum atomic E-state index is 12.0. The molecule has 0 aliphatic carbocycles. The van der Waals surface area contributed by atoms with Gasteiger partial charge in [0.05, 0.1) is 23.8 Å². The van der Waals surface area contributed by atoms with Crippen LogP contribution in [-0.4, -0.2) is 16.0 Å². The number of benzene rings is 1. The van der Waals surface area contributed by atoms with Gasteiger partial charge >= 0.3 is 12.3 Å². The summed E-state index contributed by atoms with van der Waals surface area (Å²) in [7, 11) is 0. The maximum Gasteiger partial charge on any atom is 0.360 e. The Balaban J connectivity index is 2.37. The van der Waals surface area contributed by atoms with Crippen LogP contribution in [0.3, 0.4) is 0 Å². The highest BCUT2D eigenvalue weighted by Gasteiger charge is 2.19. The van der Waals surface area contributed by atoms with Crippen LogP contribution in [0.1, 0.15) is 0 Å². The molecule has 0 aliphatic rings. The third-order valence-electron chi connectivity index (χ3n) is 2.32. The highest BCUT2D eigenvalue weighted by molar-refractivity contribution is 5.98. The van der Waals surface area contributed by atoms with E-state index in [1.807, 2.05) is 11.5 Å². The van der Waals surface area contributed by atoms with Crippen LogP contribution < -0.4 is 16.1 Å². The number of hydrogen-bond acceptors (Lipinski definition) is 6. The zero-order chi connectivity index (χ0) is 14.4. The van der Waals surface area contributed by atoms with Gasteiger partial charge in [0.2, 0.25) is 5.95 Å². The van der Waals surface area contributed by atoms with E-state index in [0.29, 0.717) is 11.4 Å². The molecule has 2 rings (SSSR count). The van der Waals surface area contributed by atoms with Crippen LogP contribution >= 0.6 is 0 Å². The van der Waals surface area contributed by atoms with Crippen molar-refractivity contribution in [1.29, 1.82) is 5.26 Å². The number of para-hydroxylation sites is 1. The first-order valence-electron chi connectivity index (χ1n) is 5.50. The molecule has 8 heteroatoms. The minimum atomic E-state index is -0.661. The van der Waals surface area contributed by atoms with Crippen molar-refractivity contribution in [2.24, 2.45) is 0 Å². The number of amides is 2. The number of nitrogens with two attached hydrogens (primary N) is 1. The molecule has 0 radical (unpaired) electrons. The van der Waals surface area contributed by atoms with Crippen molar-refractivity contribution in [3.05, 3.63) is 42.7 Å². The number of carbonyl (C=O) groups is 1. The Morgan fingerprint density at radius 3 is 2.50 bits per heavy atom. The number of anilines is 3. The fourth-order valence-electron chi connectivity index (χ4n) is 1.52. The van der Waals surface area contributed by atoms with Gasteiger partial charge in [-0.3, -0.25) is 9.74 Å². The average molecular weight is 270 g/mol. The van der Waals surface area contributed by atoms with Crippen molar-refractivity contribution in [2.45, 2.75) is 0 Å².